The van der Waals surface area contributed by atoms with E-state index in [4.69, 9.17) is 14.6 Å². The lowest BCUT2D eigenvalue weighted by molar-refractivity contribution is -0.192. The summed E-state index contributed by atoms with van der Waals surface area (Å²) in [7, 11) is 0. The summed E-state index contributed by atoms with van der Waals surface area (Å²) in [6, 6.07) is 16.9. The largest absolute Gasteiger partial charge is 0.490 e. The van der Waals surface area contributed by atoms with Crippen molar-refractivity contribution in [2.75, 3.05) is 25.0 Å². The van der Waals surface area contributed by atoms with Crippen LogP contribution in [0.15, 0.2) is 66.7 Å². The molecular formula is C43H49F4N9O9. The highest BCUT2D eigenvalue weighted by molar-refractivity contribution is 5.98. The highest BCUT2D eigenvalue weighted by atomic mass is 19.4. The molecule has 0 spiro atoms. The number of alkyl carbamates (subject to hydrolysis) is 1. The third-order valence-corrected chi connectivity index (χ3v) is 10.5. The van der Waals surface area contributed by atoms with Crippen LogP contribution in [0.1, 0.15) is 68.8 Å². The Hall–Kier alpha value is -7.13. The van der Waals surface area contributed by atoms with Crippen LogP contribution < -0.4 is 21.3 Å². The van der Waals surface area contributed by atoms with Crippen molar-refractivity contribution < 1.29 is 61.3 Å². The minimum atomic E-state index is -5.08. The molecule has 22 heteroatoms. The second-order valence-corrected chi connectivity index (χ2v) is 16.5. The van der Waals surface area contributed by atoms with E-state index < -0.39 is 59.6 Å². The molecule has 0 bridgehead atoms. The van der Waals surface area contributed by atoms with E-state index in [-0.39, 0.29) is 48.4 Å². The number of hydrogen-bond donors (Lipinski definition) is 7. The summed E-state index contributed by atoms with van der Waals surface area (Å²) in [4.78, 5) is 74.0. The molecule has 2 aliphatic rings. The Kier molecular flexibility index (Phi) is 16.2. The van der Waals surface area contributed by atoms with Gasteiger partial charge < -0.3 is 41.1 Å². The Morgan fingerprint density at radius 2 is 1.54 bits per heavy atom. The maximum absolute atomic E-state index is 15.8. The van der Waals surface area contributed by atoms with E-state index in [1.165, 1.54) is 11.0 Å². The van der Waals surface area contributed by atoms with Gasteiger partial charge >= 0.3 is 24.3 Å². The molecule has 0 radical (unpaired) electrons. The molecule has 6 rings (SSSR count). The van der Waals surface area contributed by atoms with Gasteiger partial charge in [0.05, 0.1) is 5.56 Å². The summed E-state index contributed by atoms with van der Waals surface area (Å²) in [6.07, 6.45) is -3.42. The summed E-state index contributed by atoms with van der Waals surface area (Å²) in [5.74, 6) is -4.50. The molecule has 1 aliphatic heterocycles. The van der Waals surface area contributed by atoms with Gasteiger partial charge in [-0.3, -0.25) is 14.4 Å². The number of nitrogens with zero attached hydrogens (tertiary/aromatic N) is 4. The average Bonchev–Trinajstić information content (AvgIpc) is 3.97. The number of H-pyrrole nitrogens is 1. The van der Waals surface area contributed by atoms with Crippen molar-refractivity contribution >= 4 is 41.6 Å². The highest BCUT2D eigenvalue weighted by Crippen LogP contribution is 2.30. The molecule has 1 saturated heterocycles. The van der Waals surface area contributed by atoms with Crippen molar-refractivity contribution in [2.24, 2.45) is 11.8 Å². The molecule has 1 aromatic heterocycles. The lowest BCUT2D eigenvalue weighted by Gasteiger charge is -2.29. The summed E-state index contributed by atoms with van der Waals surface area (Å²) < 4.78 is 52.9. The van der Waals surface area contributed by atoms with Crippen LogP contribution in [0, 0.1) is 17.7 Å². The predicted octanol–water partition coefficient (Wildman–Crippen LogP) is 5.79. The van der Waals surface area contributed by atoms with Crippen LogP contribution in [-0.4, -0.2) is 115 Å². The van der Waals surface area contributed by atoms with Crippen molar-refractivity contribution in [2.45, 2.75) is 83.2 Å². The number of rotatable bonds is 12. The number of tetrazole rings is 1. The number of carbonyl (C=O) groups is 6. The molecule has 4 aromatic rings. The zero-order valence-corrected chi connectivity index (χ0v) is 35.6. The zero-order valence-electron chi connectivity index (χ0n) is 35.6. The Labute approximate surface area is 369 Å². The van der Waals surface area contributed by atoms with Crippen molar-refractivity contribution in [1.82, 2.24) is 41.5 Å². The molecule has 2 heterocycles. The Morgan fingerprint density at radius 1 is 0.892 bits per heavy atom. The van der Waals surface area contributed by atoms with Gasteiger partial charge in [-0.2, -0.15) is 18.4 Å². The first-order valence-corrected chi connectivity index (χ1v) is 20.6. The predicted molar refractivity (Wildman–Crippen MR) is 225 cm³/mol. The maximum Gasteiger partial charge on any atom is 0.490 e. The quantitative estimate of drug-likeness (QED) is 0.0835. The first kappa shape index (κ1) is 48.9. The molecular weight excluding hydrogens is 863 g/mol. The maximum atomic E-state index is 15.8. The van der Waals surface area contributed by atoms with Crippen molar-refractivity contribution in [1.29, 1.82) is 0 Å². The molecule has 0 unspecified atom stereocenters. The number of hydrogen-bond acceptors (Lipinski definition) is 10. The van der Waals surface area contributed by atoms with E-state index in [0.717, 1.165) is 12.8 Å². The van der Waals surface area contributed by atoms with Gasteiger partial charge in [0, 0.05) is 54.8 Å². The second-order valence-electron chi connectivity index (χ2n) is 16.5. The molecule has 5 amide bonds. The van der Waals surface area contributed by atoms with Crippen LogP contribution in [0.5, 0.6) is 0 Å². The number of anilines is 1. The third-order valence-electron chi connectivity index (χ3n) is 10.5. The zero-order chi connectivity index (χ0) is 47.5. The number of amides is 5. The van der Waals surface area contributed by atoms with Gasteiger partial charge in [0.15, 0.2) is 0 Å². The van der Waals surface area contributed by atoms with Crippen LogP contribution in [0.25, 0.3) is 22.5 Å². The summed E-state index contributed by atoms with van der Waals surface area (Å²) in [6.45, 7) is 6.27. The van der Waals surface area contributed by atoms with Gasteiger partial charge in [-0.25, -0.2) is 18.8 Å². The number of benzene rings is 3. The van der Waals surface area contributed by atoms with Crippen LogP contribution in [0.4, 0.5) is 32.8 Å². The number of alkyl halides is 3. The first-order valence-electron chi connectivity index (χ1n) is 20.6. The van der Waals surface area contributed by atoms with Crippen molar-refractivity contribution in [3.63, 3.8) is 0 Å². The number of carbonyl (C=O) groups excluding carboxylic acids is 4. The highest BCUT2D eigenvalue weighted by Gasteiger charge is 2.38. The van der Waals surface area contributed by atoms with Gasteiger partial charge in [0.2, 0.25) is 17.6 Å². The number of carboxylic acid groups (broad SMARTS) is 2. The normalized spacial score (nSPS) is 17.7. The molecule has 1 aliphatic carbocycles. The lowest BCUT2D eigenvalue weighted by Crippen LogP contribution is -2.48. The molecule has 2 atom stereocenters. The Morgan fingerprint density at radius 3 is 2.11 bits per heavy atom. The number of nitrogens with one attached hydrogen (secondary N) is 5. The van der Waals surface area contributed by atoms with Crippen LogP contribution in [0.3, 0.4) is 0 Å². The molecule has 348 valence electrons. The van der Waals surface area contributed by atoms with Gasteiger partial charge in [0.25, 0.3) is 5.91 Å². The standard InChI is InChI=1S/C41H48FN9O7.C2HF3O2/c1-41(2,3)58-39(55)43-22-25-9-13-28(14-10-25)36(52)46-33(38(54)44-29-17-15-27(16-18-29)35-47-49-50-48-35)21-24-7-11-26(12-8-24)31-5-4-6-32(34(31)42)37(53)45-30-19-20-51(23-30)40(56)57;3-2(4,5)1(6)7/h4-8,11-12,15-18,25,28,30,33H,9-10,13-14,19-23H2,1-3H3,(H,43,55)(H,44,54)(H,45,53)(H,46,52)(H,56,57)(H,47,48,49,50);(H,6,7)/t25-,28-,30-,33+;/m1./s1. The molecule has 2 fully saturated rings. The smallest absolute Gasteiger partial charge is 0.475 e. The summed E-state index contributed by atoms with van der Waals surface area (Å²) >= 11 is 0. The monoisotopic (exact) mass is 911 g/mol. The van der Waals surface area contributed by atoms with E-state index >= 15 is 4.39 Å². The Balaban J connectivity index is 0.00000105. The van der Waals surface area contributed by atoms with E-state index in [9.17, 15) is 42.3 Å². The van der Waals surface area contributed by atoms with E-state index in [1.807, 2.05) is 0 Å². The lowest BCUT2D eigenvalue weighted by atomic mass is 9.81. The number of likely N-dealkylation sites (tertiary alicyclic amines) is 1. The number of aromatic amines is 1. The van der Waals surface area contributed by atoms with Gasteiger partial charge in [0.1, 0.15) is 17.5 Å². The second kappa shape index (κ2) is 21.5. The minimum Gasteiger partial charge on any atom is -0.475 e. The molecule has 7 N–H and O–H groups in total. The fraction of sp³-hybridized carbons (Fsp3) is 0.419. The van der Waals surface area contributed by atoms with Crippen molar-refractivity contribution in [3.8, 4) is 22.5 Å². The summed E-state index contributed by atoms with van der Waals surface area (Å²) in [5.41, 5.74) is 1.83. The number of ether oxygens (including phenoxy) is 1. The number of aliphatic carboxylic acids is 1. The van der Waals surface area contributed by atoms with Gasteiger partial charge in [-0.1, -0.05) is 36.4 Å². The minimum absolute atomic E-state index is 0.132. The Bertz CT molecular complexity index is 2300. The van der Waals surface area contributed by atoms with E-state index in [2.05, 4.69) is 41.9 Å². The van der Waals surface area contributed by atoms with Gasteiger partial charge in [-0.05, 0) is 105 Å². The van der Waals surface area contributed by atoms with Gasteiger partial charge in [-0.15, -0.1) is 10.2 Å². The number of carboxylic acids is 1. The number of halogens is 4. The van der Waals surface area contributed by atoms with Crippen molar-refractivity contribution in [3.05, 3.63) is 83.7 Å². The van der Waals surface area contributed by atoms with Crippen LogP contribution in [-0.2, 0) is 25.5 Å². The molecule has 65 heavy (non-hydrogen) atoms. The molecule has 3 aromatic carbocycles. The first-order chi connectivity index (χ1) is 30.7. The van der Waals surface area contributed by atoms with E-state index in [0.29, 0.717) is 54.0 Å². The SMILES string of the molecule is CC(C)(C)OC(=O)NC[C@H]1CC[C@H](C(=O)N[C@@H](Cc2ccc(-c3cccc(C(=O)N[C@@H]4CCN(C(=O)O)C4)c3F)cc2)C(=O)Nc2ccc(-c3nn[nH]n3)cc2)CC1.O=C(O)C(F)(F)F. The average molecular weight is 912 g/mol. The molecule has 18 nitrogen and oxygen atoms in total. The summed E-state index contributed by atoms with van der Waals surface area (Å²) in [5, 5.41) is 41.7. The molecule has 1 saturated carbocycles. The number of aromatic nitrogens is 4. The van der Waals surface area contributed by atoms with Crippen LogP contribution in [0.2, 0.25) is 0 Å². The van der Waals surface area contributed by atoms with Crippen LogP contribution >= 0.6 is 0 Å². The fourth-order valence-electron chi connectivity index (χ4n) is 7.19. The topological polar surface area (TPSA) is 258 Å². The third kappa shape index (κ3) is 14.4. The van der Waals surface area contributed by atoms with E-state index in [1.54, 1.807) is 81.4 Å². The fourth-order valence-corrected chi connectivity index (χ4v) is 7.19.